The van der Waals surface area contributed by atoms with E-state index in [-0.39, 0.29) is 0 Å². The van der Waals surface area contributed by atoms with Gasteiger partial charge in [0.2, 0.25) is 5.16 Å². The van der Waals surface area contributed by atoms with Crippen LogP contribution in [-0.2, 0) is 12.2 Å². The fraction of sp³-hybridized carbons (Fsp3) is 0.300. The van der Waals surface area contributed by atoms with Crippen LogP contribution in [0, 0.1) is 0 Å². The van der Waals surface area contributed by atoms with Gasteiger partial charge in [-0.1, -0.05) is 41.9 Å². The molecule has 0 saturated heterocycles. The normalized spacial score (nSPS) is 10.8. The molecule has 0 aliphatic rings. The number of aryl methyl sites for hydroxylation is 1. The van der Waals surface area contributed by atoms with Crippen molar-refractivity contribution in [3.8, 4) is 0 Å². The highest BCUT2D eigenvalue weighted by Gasteiger charge is 2.11. The number of aromatic nitrogens is 4. The molecule has 0 radical (unpaired) electrons. The largest absolute Gasteiger partial charge is 0.336 e. The van der Waals surface area contributed by atoms with Gasteiger partial charge in [0, 0.05) is 18.4 Å². The van der Waals surface area contributed by atoms with Crippen molar-refractivity contribution in [1.82, 2.24) is 19.9 Å². The summed E-state index contributed by atoms with van der Waals surface area (Å²) >= 11 is 13.4. The Bertz CT molecular complexity index is 557. The molecule has 5 nitrogen and oxygen atoms in total. The molecule has 0 spiro atoms. The van der Waals surface area contributed by atoms with E-state index in [1.807, 2.05) is 6.92 Å². The SMILES string of the molecule is CCc1nnc(SCc2nccc(Cl)c2Cl)n1N. The third-order valence-corrected chi connectivity index (χ3v) is 4.09. The topological polar surface area (TPSA) is 69.6 Å². The van der Waals surface area contributed by atoms with E-state index in [1.54, 1.807) is 12.3 Å². The van der Waals surface area contributed by atoms with Crippen molar-refractivity contribution in [2.24, 2.45) is 0 Å². The van der Waals surface area contributed by atoms with Gasteiger partial charge in [-0.3, -0.25) is 4.98 Å². The maximum Gasteiger partial charge on any atom is 0.210 e. The Hall–Kier alpha value is -0.980. The molecule has 96 valence electrons. The highest BCUT2D eigenvalue weighted by atomic mass is 35.5. The summed E-state index contributed by atoms with van der Waals surface area (Å²) < 4.78 is 1.48. The van der Waals surface area contributed by atoms with Crippen LogP contribution in [0.15, 0.2) is 17.4 Å². The molecule has 0 fully saturated rings. The molecule has 0 bridgehead atoms. The second-order valence-electron chi connectivity index (χ2n) is 3.46. The molecular weight excluding hydrogens is 293 g/mol. The molecule has 0 amide bonds. The number of thioether (sulfide) groups is 1. The smallest absolute Gasteiger partial charge is 0.210 e. The first kappa shape index (κ1) is 13.5. The molecule has 8 heteroatoms. The first-order valence-electron chi connectivity index (χ1n) is 5.24. The Balaban J connectivity index is 2.11. The Morgan fingerprint density at radius 1 is 1.39 bits per heavy atom. The molecule has 0 unspecified atom stereocenters. The predicted octanol–water partition coefficient (Wildman–Crippen LogP) is 2.55. The highest BCUT2D eigenvalue weighted by molar-refractivity contribution is 7.98. The van der Waals surface area contributed by atoms with Gasteiger partial charge in [0.15, 0.2) is 5.82 Å². The second-order valence-corrected chi connectivity index (χ2v) is 5.19. The number of hydrogen-bond donors (Lipinski definition) is 1. The van der Waals surface area contributed by atoms with Crippen LogP contribution in [-0.4, -0.2) is 19.9 Å². The molecule has 18 heavy (non-hydrogen) atoms. The lowest BCUT2D eigenvalue weighted by atomic mass is 10.4. The Kier molecular flexibility index (Phi) is 4.31. The summed E-state index contributed by atoms with van der Waals surface area (Å²) in [5.74, 6) is 7.12. The van der Waals surface area contributed by atoms with Crippen LogP contribution in [0.1, 0.15) is 18.4 Å². The summed E-state index contributed by atoms with van der Waals surface area (Å²) in [6.45, 7) is 1.97. The van der Waals surface area contributed by atoms with Crippen molar-refractivity contribution in [1.29, 1.82) is 0 Å². The number of nitrogens with zero attached hydrogens (tertiary/aromatic N) is 4. The van der Waals surface area contributed by atoms with E-state index < -0.39 is 0 Å². The molecule has 2 N–H and O–H groups in total. The second kappa shape index (κ2) is 5.77. The minimum atomic E-state index is 0.463. The van der Waals surface area contributed by atoms with Crippen molar-refractivity contribution in [2.75, 3.05) is 5.84 Å². The van der Waals surface area contributed by atoms with Crippen molar-refractivity contribution < 1.29 is 0 Å². The van der Waals surface area contributed by atoms with Crippen molar-refractivity contribution in [3.05, 3.63) is 33.8 Å². The zero-order valence-electron chi connectivity index (χ0n) is 9.60. The fourth-order valence-electron chi connectivity index (χ4n) is 1.34. The van der Waals surface area contributed by atoms with Crippen molar-refractivity contribution in [2.45, 2.75) is 24.3 Å². The Morgan fingerprint density at radius 3 is 2.83 bits per heavy atom. The third-order valence-electron chi connectivity index (χ3n) is 2.30. The van der Waals surface area contributed by atoms with E-state index in [2.05, 4.69) is 15.2 Å². The molecule has 0 atom stereocenters. The van der Waals surface area contributed by atoms with Crippen LogP contribution < -0.4 is 5.84 Å². The Labute approximate surface area is 119 Å². The summed E-state index contributed by atoms with van der Waals surface area (Å²) in [5.41, 5.74) is 0.704. The van der Waals surface area contributed by atoms with E-state index in [0.717, 1.165) is 12.2 Å². The lowest BCUT2D eigenvalue weighted by Crippen LogP contribution is -2.13. The lowest BCUT2D eigenvalue weighted by molar-refractivity contribution is 0.796. The van der Waals surface area contributed by atoms with Gasteiger partial charge in [0.05, 0.1) is 15.7 Å². The maximum atomic E-state index is 6.05. The van der Waals surface area contributed by atoms with E-state index in [0.29, 0.717) is 26.6 Å². The molecule has 2 rings (SSSR count). The number of rotatable bonds is 4. The summed E-state index contributed by atoms with van der Waals surface area (Å²) in [5, 5.41) is 9.56. The van der Waals surface area contributed by atoms with Crippen LogP contribution in [0.2, 0.25) is 10.0 Å². The molecule has 0 saturated carbocycles. The molecule has 0 aliphatic carbocycles. The standard InChI is InChI=1S/C10H11Cl2N5S/c1-2-8-15-16-10(17(8)13)18-5-7-9(12)6(11)3-4-14-7/h3-4H,2,5,13H2,1H3. The quantitative estimate of drug-likeness (QED) is 0.694. The zero-order valence-corrected chi connectivity index (χ0v) is 11.9. The molecule has 0 aromatic carbocycles. The number of hydrogen-bond acceptors (Lipinski definition) is 5. The first-order chi connectivity index (χ1) is 8.63. The van der Waals surface area contributed by atoms with Gasteiger partial charge < -0.3 is 5.84 Å². The van der Waals surface area contributed by atoms with Crippen molar-refractivity contribution in [3.63, 3.8) is 0 Å². The van der Waals surface area contributed by atoms with E-state index >= 15 is 0 Å². The van der Waals surface area contributed by atoms with E-state index in [9.17, 15) is 0 Å². The minimum absolute atomic E-state index is 0.463. The van der Waals surface area contributed by atoms with E-state index in [1.165, 1.54) is 16.4 Å². The van der Waals surface area contributed by atoms with Crippen molar-refractivity contribution >= 4 is 35.0 Å². The molecule has 2 aromatic heterocycles. The van der Waals surface area contributed by atoms with Crippen LogP contribution in [0.5, 0.6) is 0 Å². The summed E-state index contributed by atoms with van der Waals surface area (Å²) in [4.78, 5) is 4.18. The Morgan fingerprint density at radius 2 is 2.17 bits per heavy atom. The minimum Gasteiger partial charge on any atom is -0.336 e. The highest BCUT2D eigenvalue weighted by Crippen LogP contribution is 2.28. The summed E-state index contributed by atoms with van der Waals surface area (Å²) in [6, 6.07) is 1.65. The molecule has 0 aliphatic heterocycles. The average molecular weight is 304 g/mol. The summed E-state index contributed by atoms with van der Waals surface area (Å²) in [6.07, 6.45) is 2.36. The van der Waals surface area contributed by atoms with Crippen LogP contribution in [0.25, 0.3) is 0 Å². The van der Waals surface area contributed by atoms with Crippen LogP contribution in [0.4, 0.5) is 0 Å². The third kappa shape index (κ3) is 2.71. The molecule has 2 aromatic rings. The van der Waals surface area contributed by atoms with Gasteiger partial charge in [0.1, 0.15) is 0 Å². The van der Waals surface area contributed by atoms with Gasteiger partial charge in [-0.25, -0.2) is 4.68 Å². The number of nitrogens with two attached hydrogens (primary N) is 1. The van der Waals surface area contributed by atoms with Crippen LogP contribution in [0.3, 0.4) is 0 Å². The number of nitrogen functional groups attached to an aromatic ring is 1. The molecular formula is C10H11Cl2N5S. The zero-order chi connectivity index (χ0) is 13.1. The number of halogens is 2. The summed E-state index contributed by atoms with van der Waals surface area (Å²) in [7, 11) is 0. The lowest BCUT2D eigenvalue weighted by Gasteiger charge is -2.04. The van der Waals surface area contributed by atoms with Gasteiger partial charge >= 0.3 is 0 Å². The van der Waals surface area contributed by atoms with Gasteiger partial charge in [0.25, 0.3) is 0 Å². The monoisotopic (exact) mass is 303 g/mol. The van der Waals surface area contributed by atoms with Gasteiger partial charge in [-0.15, -0.1) is 10.2 Å². The predicted molar refractivity (Wildman–Crippen MR) is 73.4 cm³/mol. The number of pyridine rings is 1. The molecule has 2 heterocycles. The van der Waals surface area contributed by atoms with Gasteiger partial charge in [-0.2, -0.15) is 0 Å². The van der Waals surface area contributed by atoms with Crippen LogP contribution >= 0.6 is 35.0 Å². The average Bonchev–Trinajstić information content (AvgIpc) is 2.72. The maximum absolute atomic E-state index is 6.05. The van der Waals surface area contributed by atoms with E-state index in [4.69, 9.17) is 29.0 Å². The van der Waals surface area contributed by atoms with Gasteiger partial charge in [-0.05, 0) is 6.07 Å². The first-order valence-corrected chi connectivity index (χ1v) is 6.98. The fourth-order valence-corrected chi connectivity index (χ4v) is 2.59.